The van der Waals surface area contributed by atoms with Crippen molar-refractivity contribution in [1.29, 1.82) is 0 Å². The van der Waals surface area contributed by atoms with Crippen LogP contribution in [0.2, 0.25) is 0 Å². The number of amides is 1. The first-order valence-corrected chi connectivity index (χ1v) is 10.9. The molecule has 2 aromatic carbocycles. The zero-order valence-electron chi connectivity index (χ0n) is 20.0. The summed E-state index contributed by atoms with van der Waals surface area (Å²) in [6.07, 6.45) is -5.03. The molecule has 0 unspecified atom stereocenters. The number of aromatic nitrogens is 2. The number of nitrogens with zero attached hydrogens (tertiary/aromatic N) is 2. The first-order chi connectivity index (χ1) is 16.6. The van der Waals surface area contributed by atoms with Gasteiger partial charge in [0, 0.05) is 11.6 Å². The normalized spacial score (nSPS) is 12.1. The molecule has 0 aliphatic heterocycles. The fourth-order valence-electron chi connectivity index (χ4n) is 3.55. The van der Waals surface area contributed by atoms with Gasteiger partial charge in [0.1, 0.15) is 17.3 Å². The summed E-state index contributed by atoms with van der Waals surface area (Å²) in [5.74, 6) is -2.95. The number of anilines is 1. The molecule has 0 radical (unpaired) electrons. The Bertz CT molecular complexity index is 1330. The molecule has 7 nitrogen and oxygen atoms in total. The van der Waals surface area contributed by atoms with Crippen molar-refractivity contribution in [2.75, 3.05) is 5.32 Å². The van der Waals surface area contributed by atoms with E-state index in [1.54, 1.807) is 12.1 Å². The number of ether oxygens (including phenoxy) is 1. The highest BCUT2D eigenvalue weighted by Gasteiger charge is 2.32. The molecule has 1 amide bonds. The SMILES string of the molecule is CC(C)c1ccccc1-c1nn(CC(C)(C)O)c(=O)cc1NC(=O)c1cc(OC(F)(F)F)ccc1F. The Morgan fingerprint density at radius 2 is 1.81 bits per heavy atom. The van der Waals surface area contributed by atoms with Gasteiger partial charge in [-0.3, -0.25) is 9.59 Å². The van der Waals surface area contributed by atoms with Crippen LogP contribution in [0.5, 0.6) is 5.75 Å². The smallest absolute Gasteiger partial charge is 0.406 e. The number of hydrogen-bond acceptors (Lipinski definition) is 5. The van der Waals surface area contributed by atoms with E-state index in [0.29, 0.717) is 17.7 Å². The fourth-order valence-corrected chi connectivity index (χ4v) is 3.55. The van der Waals surface area contributed by atoms with E-state index in [4.69, 9.17) is 0 Å². The first kappa shape index (κ1) is 26.9. The summed E-state index contributed by atoms with van der Waals surface area (Å²) in [5.41, 5.74) is -1.17. The van der Waals surface area contributed by atoms with Crippen molar-refractivity contribution in [1.82, 2.24) is 9.78 Å². The maximum Gasteiger partial charge on any atom is 0.573 e. The maximum atomic E-state index is 14.4. The van der Waals surface area contributed by atoms with Crippen molar-refractivity contribution in [3.63, 3.8) is 0 Å². The molecular formula is C25H25F4N3O4. The molecule has 2 N–H and O–H groups in total. The van der Waals surface area contributed by atoms with Crippen LogP contribution in [0.1, 0.15) is 49.5 Å². The van der Waals surface area contributed by atoms with E-state index in [1.165, 1.54) is 13.8 Å². The number of benzene rings is 2. The van der Waals surface area contributed by atoms with E-state index in [2.05, 4.69) is 15.2 Å². The second kappa shape index (κ2) is 10.1. The molecule has 36 heavy (non-hydrogen) atoms. The van der Waals surface area contributed by atoms with E-state index >= 15 is 0 Å². The summed E-state index contributed by atoms with van der Waals surface area (Å²) >= 11 is 0. The van der Waals surface area contributed by atoms with E-state index in [1.807, 2.05) is 26.0 Å². The number of alkyl halides is 3. The van der Waals surface area contributed by atoms with Gasteiger partial charge in [0.25, 0.3) is 11.5 Å². The minimum Gasteiger partial charge on any atom is -0.406 e. The van der Waals surface area contributed by atoms with Crippen LogP contribution in [0.25, 0.3) is 11.3 Å². The lowest BCUT2D eigenvalue weighted by molar-refractivity contribution is -0.274. The summed E-state index contributed by atoms with van der Waals surface area (Å²) < 4.78 is 56.9. The van der Waals surface area contributed by atoms with Gasteiger partial charge in [0.2, 0.25) is 0 Å². The van der Waals surface area contributed by atoms with Crippen molar-refractivity contribution in [2.24, 2.45) is 0 Å². The summed E-state index contributed by atoms with van der Waals surface area (Å²) in [6.45, 7) is 6.72. The van der Waals surface area contributed by atoms with Gasteiger partial charge in [0.15, 0.2) is 0 Å². The van der Waals surface area contributed by atoms with Gasteiger partial charge in [-0.1, -0.05) is 38.1 Å². The molecule has 3 aromatic rings. The van der Waals surface area contributed by atoms with Crippen molar-refractivity contribution >= 4 is 11.6 Å². The Kier molecular flexibility index (Phi) is 7.54. The lowest BCUT2D eigenvalue weighted by atomic mass is 9.94. The molecule has 3 rings (SSSR count). The average molecular weight is 507 g/mol. The van der Waals surface area contributed by atoms with Crippen molar-refractivity contribution in [2.45, 2.75) is 52.1 Å². The predicted molar refractivity (Wildman–Crippen MR) is 125 cm³/mol. The second-order valence-corrected chi connectivity index (χ2v) is 9.10. The van der Waals surface area contributed by atoms with E-state index in [0.717, 1.165) is 22.4 Å². The summed E-state index contributed by atoms with van der Waals surface area (Å²) in [6, 6.07) is 10.2. The van der Waals surface area contributed by atoms with Crippen LogP contribution < -0.4 is 15.6 Å². The van der Waals surface area contributed by atoms with Gasteiger partial charge >= 0.3 is 6.36 Å². The molecule has 192 valence electrons. The van der Waals surface area contributed by atoms with Crippen LogP contribution in [0.3, 0.4) is 0 Å². The van der Waals surface area contributed by atoms with Gasteiger partial charge in [-0.15, -0.1) is 13.2 Å². The van der Waals surface area contributed by atoms with Gasteiger partial charge in [-0.25, -0.2) is 9.07 Å². The third-order valence-corrected chi connectivity index (χ3v) is 5.04. The standard InChI is InChI=1S/C25H25F4N3O4/c1-14(2)16-7-5-6-8-17(16)22-20(12-21(33)32(31-22)13-24(3,4)35)30-23(34)18-11-15(9-10-19(18)26)36-25(27,28)29/h5-12,14,35H,13H2,1-4H3,(H,30,34). The molecule has 0 atom stereocenters. The number of hydrogen-bond donors (Lipinski definition) is 2. The van der Waals surface area contributed by atoms with E-state index in [-0.39, 0.29) is 23.8 Å². The Balaban J connectivity index is 2.12. The molecule has 0 aliphatic rings. The number of halogens is 4. The lowest BCUT2D eigenvalue weighted by Gasteiger charge is -2.21. The Morgan fingerprint density at radius 1 is 1.14 bits per heavy atom. The highest BCUT2D eigenvalue weighted by atomic mass is 19.4. The zero-order valence-corrected chi connectivity index (χ0v) is 20.0. The van der Waals surface area contributed by atoms with Crippen LogP contribution in [0.15, 0.2) is 53.3 Å². The molecule has 1 aromatic heterocycles. The number of carbonyl (C=O) groups excluding carboxylic acids is 1. The molecule has 11 heteroatoms. The predicted octanol–water partition coefficient (Wildman–Crippen LogP) is 5.09. The van der Waals surface area contributed by atoms with Gasteiger partial charge in [-0.05, 0) is 43.5 Å². The monoisotopic (exact) mass is 507 g/mol. The largest absolute Gasteiger partial charge is 0.573 e. The van der Waals surface area contributed by atoms with Crippen LogP contribution in [-0.2, 0) is 6.54 Å². The van der Waals surface area contributed by atoms with Gasteiger partial charge in [0.05, 0.1) is 23.4 Å². The highest BCUT2D eigenvalue weighted by molar-refractivity contribution is 6.06. The van der Waals surface area contributed by atoms with Crippen LogP contribution in [0.4, 0.5) is 23.2 Å². The molecule has 0 bridgehead atoms. The fraction of sp³-hybridized carbons (Fsp3) is 0.320. The van der Waals surface area contributed by atoms with Crippen LogP contribution in [-0.4, -0.2) is 32.8 Å². The van der Waals surface area contributed by atoms with E-state index in [9.17, 15) is 32.3 Å². The molecule has 1 heterocycles. The molecule has 0 fully saturated rings. The third-order valence-electron chi connectivity index (χ3n) is 5.04. The van der Waals surface area contributed by atoms with Gasteiger partial charge < -0.3 is 15.2 Å². The first-order valence-electron chi connectivity index (χ1n) is 10.9. The topological polar surface area (TPSA) is 93.5 Å². The van der Waals surface area contributed by atoms with E-state index < -0.39 is 40.6 Å². The molecule has 0 saturated carbocycles. The number of nitrogens with one attached hydrogen (secondary N) is 1. The quantitative estimate of drug-likeness (QED) is 0.435. The number of rotatable bonds is 7. The number of aliphatic hydroxyl groups is 1. The van der Waals surface area contributed by atoms with Crippen LogP contribution >= 0.6 is 0 Å². The second-order valence-electron chi connectivity index (χ2n) is 9.10. The molecule has 0 saturated heterocycles. The Labute approximate surface area is 204 Å². The van der Waals surface area contributed by atoms with Crippen molar-refractivity contribution in [3.8, 4) is 17.0 Å². The average Bonchev–Trinajstić information content (AvgIpc) is 2.75. The summed E-state index contributed by atoms with van der Waals surface area (Å²) in [4.78, 5) is 25.7. The Hall–Kier alpha value is -3.73. The highest BCUT2D eigenvalue weighted by Crippen LogP contribution is 2.32. The summed E-state index contributed by atoms with van der Waals surface area (Å²) in [7, 11) is 0. The molecule has 0 spiro atoms. The van der Waals surface area contributed by atoms with Gasteiger partial charge in [-0.2, -0.15) is 5.10 Å². The van der Waals surface area contributed by atoms with Crippen molar-refractivity contribution < 1.29 is 32.2 Å². The Morgan fingerprint density at radius 3 is 2.42 bits per heavy atom. The maximum absolute atomic E-state index is 14.4. The minimum absolute atomic E-state index is 0.0230. The van der Waals surface area contributed by atoms with Crippen LogP contribution in [0, 0.1) is 5.82 Å². The summed E-state index contributed by atoms with van der Waals surface area (Å²) in [5, 5.41) is 17.0. The minimum atomic E-state index is -5.03. The number of carbonyl (C=O) groups is 1. The lowest BCUT2D eigenvalue weighted by Crippen LogP contribution is -2.34. The van der Waals surface area contributed by atoms with Crippen molar-refractivity contribution in [3.05, 3.63) is 75.8 Å². The molecular weight excluding hydrogens is 482 g/mol. The molecule has 0 aliphatic carbocycles. The zero-order chi connectivity index (χ0) is 26.8. The third kappa shape index (κ3) is 6.69.